The number of amides is 1. The van der Waals surface area contributed by atoms with Crippen LogP contribution in [0.3, 0.4) is 0 Å². The van der Waals surface area contributed by atoms with E-state index in [0.29, 0.717) is 6.07 Å². The molecule has 23 heavy (non-hydrogen) atoms. The average molecular weight is 320 g/mol. The lowest BCUT2D eigenvalue weighted by molar-refractivity contribution is 0.0692. The van der Waals surface area contributed by atoms with Gasteiger partial charge in [-0.05, 0) is 12.1 Å². The van der Waals surface area contributed by atoms with Crippen molar-refractivity contribution in [3.8, 4) is 23.0 Å². The van der Waals surface area contributed by atoms with Gasteiger partial charge in [-0.15, -0.1) is 0 Å². The normalized spacial score (nSPS) is 10.3. The Balaban J connectivity index is 2.37. The summed E-state index contributed by atoms with van der Waals surface area (Å²) in [5.74, 6) is -4.65. The van der Waals surface area contributed by atoms with Crippen molar-refractivity contribution >= 4 is 23.3 Å². The zero-order valence-electron chi connectivity index (χ0n) is 11.4. The van der Waals surface area contributed by atoms with Gasteiger partial charge in [-0.3, -0.25) is 4.79 Å². The van der Waals surface area contributed by atoms with Crippen LogP contribution in [0.25, 0.3) is 0 Å². The Bertz CT molecular complexity index is 817. The van der Waals surface area contributed by atoms with Gasteiger partial charge in [0.25, 0.3) is 5.91 Å². The highest BCUT2D eigenvalue weighted by Gasteiger charge is 2.19. The summed E-state index contributed by atoms with van der Waals surface area (Å²) < 4.78 is 0. The highest BCUT2D eigenvalue weighted by atomic mass is 16.4. The molecule has 0 aliphatic heterocycles. The van der Waals surface area contributed by atoms with Crippen molar-refractivity contribution in [1.29, 1.82) is 0 Å². The molecule has 120 valence electrons. The zero-order chi connectivity index (χ0) is 17.3. The number of benzene rings is 2. The summed E-state index contributed by atoms with van der Waals surface area (Å²) in [5.41, 5.74) is 4.07. The molecule has 0 atom stereocenters. The maximum absolute atomic E-state index is 12.1. The fourth-order valence-electron chi connectivity index (χ4n) is 1.81. The lowest BCUT2D eigenvalue weighted by Crippen LogP contribution is -2.13. The van der Waals surface area contributed by atoms with E-state index >= 15 is 0 Å². The summed E-state index contributed by atoms with van der Waals surface area (Å²) in [5, 5.41) is 49.4. The molecule has 0 saturated carbocycles. The van der Waals surface area contributed by atoms with Crippen LogP contribution < -0.4 is 11.1 Å². The Labute approximate surface area is 128 Å². The van der Waals surface area contributed by atoms with Crippen molar-refractivity contribution in [2.75, 3.05) is 11.1 Å². The molecule has 8 N–H and O–H groups in total. The monoisotopic (exact) mass is 320 g/mol. The first-order valence-corrected chi connectivity index (χ1v) is 6.12. The highest BCUT2D eigenvalue weighted by Crippen LogP contribution is 2.34. The van der Waals surface area contributed by atoms with Crippen LogP contribution in [0.5, 0.6) is 23.0 Å². The number of carboxylic acids is 1. The first-order valence-electron chi connectivity index (χ1n) is 6.12. The number of phenolic OH excluding ortho intramolecular Hbond substituents is 3. The number of nitrogen functional groups attached to an aromatic ring is 1. The molecule has 0 bridgehead atoms. The van der Waals surface area contributed by atoms with Crippen LogP contribution in [0.15, 0.2) is 24.3 Å². The third kappa shape index (κ3) is 3.02. The number of anilines is 2. The number of aromatic carboxylic acids is 1. The van der Waals surface area contributed by atoms with Crippen LogP contribution in [0, 0.1) is 0 Å². The number of hydrogen-bond acceptors (Lipinski definition) is 7. The molecule has 9 nitrogen and oxygen atoms in total. The molecule has 0 saturated heterocycles. The highest BCUT2D eigenvalue weighted by molar-refractivity contribution is 6.08. The van der Waals surface area contributed by atoms with Gasteiger partial charge in [0.15, 0.2) is 0 Å². The number of rotatable bonds is 3. The van der Waals surface area contributed by atoms with E-state index in [4.69, 9.17) is 10.8 Å². The molecular formula is C14H12N2O7. The van der Waals surface area contributed by atoms with Crippen LogP contribution in [0.1, 0.15) is 20.7 Å². The predicted octanol–water partition coefficient (Wildman–Crippen LogP) is 1.04. The molecule has 0 aliphatic rings. The van der Waals surface area contributed by atoms with Gasteiger partial charge in [0, 0.05) is 12.1 Å². The summed E-state index contributed by atoms with van der Waals surface area (Å²) in [6, 6.07) is 3.48. The molecule has 0 aromatic heterocycles. The number of carbonyl (C=O) groups is 2. The molecule has 0 radical (unpaired) electrons. The number of carboxylic acid groups (broad SMARTS) is 1. The van der Waals surface area contributed by atoms with Crippen LogP contribution in [0.4, 0.5) is 11.4 Å². The van der Waals surface area contributed by atoms with Gasteiger partial charge in [-0.1, -0.05) is 0 Å². The Morgan fingerprint density at radius 2 is 1.39 bits per heavy atom. The molecule has 0 spiro atoms. The van der Waals surface area contributed by atoms with E-state index in [1.165, 1.54) is 0 Å². The molecule has 9 heteroatoms. The molecule has 2 aromatic rings. The predicted molar refractivity (Wildman–Crippen MR) is 78.9 cm³/mol. The van der Waals surface area contributed by atoms with Crippen LogP contribution >= 0.6 is 0 Å². The summed E-state index contributed by atoms with van der Waals surface area (Å²) in [6.07, 6.45) is 0. The van der Waals surface area contributed by atoms with Crippen molar-refractivity contribution in [3.05, 3.63) is 35.4 Å². The molecule has 0 heterocycles. The molecule has 0 unspecified atom stereocenters. The van der Waals surface area contributed by atoms with Crippen LogP contribution in [-0.2, 0) is 0 Å². The second-order valence-electron chi connectivity index (χ2n) is 4.57. The third-order valence-corrected chi connectivity index (χ3v) is 2.98. The second-order valence-corrected chi connectivity index (χ2v) is 4.57. The summed E-state index contributed by atoms with van der Waals surface area (Å²) in [7, 11) is 0. The van der Waals surface area contributed by atoms with Crippen molar-refractivity contribution in [2.45, 2.75) is 0 Å². The lowest BCUT2D eigenvalue weighted by Gasteiger charge is -2.11. The molecule has 0 fully saturated rings. The Kier molecular flexibility index (Phi) is 3.86. The van der Waals surface area contributed by atoms with E-state index in [2.05, 4.69) is 5.32 Å². The van der Waals surface area contributed by atoms with Gasteiger partial charge in [-0.25, -0.2) is 4.79 Å². The minimum Gasteiger partial charge on any atom is -0.507 e. The number of nitrogens with two attached hydrogens (primary N) is 1. The van der Waals surface area contributed by atoms with E-state index in [9.17, 15) is 30.0 Å². The van der Waals surface area contributed by atoms with Gasteiger partial charge in [-0.2, -0.15) is 0 Å². The zero-order valence-corrected chi connectivity index (χ0v) is 11.4. The Hall–Kier alpha value is -3.62. The minimum atomic E-state index is -1.48. The number of hydrogen-bond donors (Lipinski definition) is 7. The maximum Gasteiger partial charge on any atom is 0.339 e. The summed E-state index contributed by atoms with van der Waals surface area (Å²) in [4.78, 5) is 22.9. The standard InChI is InChI=1S/C14H12N2O7/c15-7-3-12(20)8(4-11(7)19)16-13(21)5-1-10(18)6(14(22)23)2-9(5)17/h1-4,17-20H,15H2,(H,16,21)(H,22,23). The van der Waals surface area contributed by atoms with Crippen molar-refractivity contribution in [1.82, 2.24) is 0 Å². The lowest BCUT2D eigenvalue weighted by atomic mass is 10.1. The SMILES string of the molecule is Nc1cc(O)c(NC(=O)c2cc(O)c(C(=O)O)cc2O)cc1O. The van der Waals surface area contributed by atoms with E-state index < -0.39 is 40.3 Å². The first-order chi connectivity index (χ1) is 10.7. The van der Waals surface area contributed by atoms with Crippen LogP contribution in [-0.4, -0.2) is 37.4 Å². The van der Waals surface area contributed by atoms with E-state index in [-0.39, 0.29) is 17.1 Å². The van der Waals surface area contributed by atoms with Crippen molar-refractivity contribution < 1.29 is 35.1 Å². The minimum absolute atomic E-state index is 0.105. The topological polar surface area (TPSA) is 173 Å². The van der Waals surface area contributed by atoms with E-state index in [1.54, 1.807) is 0 Å². The number of phenols is 4. The van der Waals surface area contributed by atoms with Gasteiger partial charge < -0.3 is 36.6 Å². The molecular weight excluding hydrogens is 308 g/mol. The van der Waals surface area contributed by atoms with Crippen molar-refractivity contribution in [2.24, 2.45) is 0 Å². The largest absolute Gasteiger partial charge is 0.507 e. The quantitative estimate of drug-likeness (QED) is 0.249. The van der Waals surface area contributed by atoms with Gasteiger partial charge >= 0.3 is 5.97 Å². The molecule has 2 aromatic carbocycles. The van der Waals surface area contributed by atoms with E-state index in [0.717, 1.165) is 18.2 Å². The Morgan fingerprint density at radius 3 is 2.00 bits per heavy atom. The Morgan fingerprint density at radius 1 is 0.826 bits per heavy atom. The number of aromatic hydroxyl groups is 4. The third-order valence-electron chi connectivity index (χ3n) is 2.98. The van der Waals surface area contributed by atoms with Gasteiger partial charge in [0.05, 0.1) is 16.9 Å². The average Bonchev–Trinajstić information content (AvgIpc) is 2.46. The molecule has 2 rings (SSSR count). The van der Waals surface area contributed by atoms with E-state index in [1.807, 2.05) is 0 Å². The second kappa shape index (κ2) is 5.64. The molecule has 1 amide bonds. The number of nitrogens with one attached hydrogen (secondary N) is 1. The summed E-state index contributed by atoms with van der Waals surface area (Å²) in [6.45, 7) is 0. The van der Waals surface area contributed by atoms with Crippen molar-refractivity contribution in [3.63, 3.8) is 0 Å². The maximum atomic E-state index is 12.1. The fourth-order valence-corrected chi connectivity index (χ4v) is 1.81. The van der Waals surface area contributed by atoms with Gasteiger partial charge in [0.1, 0.15) is 28.6 Å². The number of carbonyl (C=O) groups excluding carboxylic acids is 1. The smallest absolute Gasteiger partial charge is 0.339 e. The van der Waals surface area contributed by atoms with Gasteiger partial charge in [0.2, 0.25) is 0 Å². The summed E-state index contributed by atoms with van der Waals surface area (Å²) >= 11 is 0. The van der Waals surface area contributed by atoms with Crippen LogP contribution in [0.2, 0.25) is 0 Å². The first kappa shape index (κ1) is 15.8. The molecule has 0 aliphatic carbocycles. The fraction of sp³-hybridized carbons (Fsp3) is 0.